The molecule has 0 unspecified atom stereocenters. The number of halogens is 1. The number of rotatable bonds is 6. The van der Waals surface area contributed by atoms with Crippen LogP contribution in [-0.4, -0.2) is 25.4 Å². The van der Waals surface area contributed by atoms with Crippen LogP contribution in [-0.2, 0) is 16.1 Å². The van der Waals surface area contributed by atoms with Crippen LogP contribution in [0.25, 0.3) is 0 Å². The molecule has 1 rings (SSSR count). The minimum Gasteiger partial charge on any atom is -0.351 e. The molecular formula is C12H19ClN2O3S. The van der Waals surface area contributed by atoms with Gasteiger partial charge in [-0.25, -0.2) is 8.42 Å². The normalized spacial score (nSPS) is 11.8. The van der Waals surface area contributed by atoms with Crippen molar-refractivity contribution in [1.82, 2.24) is 9.88 Å². The molecule has 5 nitrogen and oxygen atoms in total. The van der Waals surface area contributed by atoms with Crippen LogP contribution in [0.3, 0.4) is 0 Å². The molecule has 108 valence electrons. The highest BCUT2D eigenvalue weighted by molar-refractivity contribution is 8.13. The second-order valence-electron chi connectivity index (χ2n) is 4.90. The van der Waals surface area contributed by atoms with Crippen LogP contribution in [0.4, 0.5) is 0 Å². The van der Waals surface area contributed by atoms with Crippen LogP contribution in [0.2, 0.25) is 0 Å². The third kappa shape index (κ3) is 4.87. The standard InChI is InChI=1S/C12H19ClN2O3S/c1-9(2)5-4-6-14-12(16)11-7-10(8-15(11)3)19(13,17)18/h7-9H,4-6H2,1-3H3,(H,14,16). The van der Waals surface area contributed by atoms with Crippen LogP contribution < -0.4 is 5.32 Å². The third-order valence-electron chi connectivity index (χ3n) is 2.74. The van der Waals surface area contributed by atoms with Crippen molar-refractivity contribution < 1.29 is 13.2 Å². The number of aromatic nitrogens is 1. The van der Waals surface area contributed by atoms with Crippen molar-refractivity contribution in [3.8, 4) is 0 Å². The molecule has 0 bridgehead atoms. The largest absolute Gasteiger partial charge is 0.351 e. The van der Waals surface area contributed by atoms with E-state index in [2.05, 4.69) is 19.2 Å². The Labute approximate surface area is 118 Å². The molecule has 0 fully saturated rings. The van der Waals surface area contributed by atoms with Gasteiger partial charge in [0.15, 0.2) is 0 Å². The number of amides is 1. The van der Waals surface area contributed by atoms with E-state index in [0.29, 0.717) is 12.5 Å². The second-order valence-corrected chi connectivity index (χ2v) is 7.47. The number of carbonyl (C=O) groups excluding carboxylic acids is 1. The van der Waals surface area contributed by atoms with E-state index in [1.807, 2.05) is 0 Å². The molecule has 0 saturated heterocycles. The predicted octanol–water partition coefficient (Wildman–Crippen LogP) is 2.12. The molecule has 0 aliphatic carbocycles. The molecule has 0 atom stereocenters. The minimum absolute atomic E-state index is 0.0657. The fourth-order valence-electron chi connectivity index (χ4n) is 1.70. The summed E-state index contributed by atoms with van der Waals surface area (Å²) in [5.74, 6) is 0.303. The van der Waals surface area contributed by atoms with Gasteiger partial charge in [0.25, 0.3) is 15.0 Å². The van der Waals surface area contributed by atoms with Crippen molar-refractivity contribution in [2.45, 2.75) is 31.6 Å². The van der Waals surface area contributed by atoms with Crippen LogP contribution in [0.15, 0.2) is 17.2 Å². The fraction of sp³-hybridized carbons (Fsp3) is 0.583. The van der Waals surface area contributed by atoms with Gasteiger partial charge in [0.2, 0.25) is 0 Å². The summed E-state index contributed by atoms with van der Waals surface area (Å²) in [5.41, 5.74) is 0.281. The van der Waals surface area contributed by atoms with Crippen molar-refractivity contribution in [3.05, 3.63) is 18.0 Å². The highest BCUT2D eigenvalue weighted by Gasteiger charge is 2.18. The monoisotopic (exact) mass is 306 g/mol. The van der Waals surface area contributed by atoms with Gasteiger partial charge in [0.05, 0.1) is 0 Å². The van der Waals surface area contributed by atoms with Crippen LogP contribution in [0.1, 0.15) is 37.2 Å². The van der Waals surface area contributed by atoms with Gasteiger partial charge in [0.1, 0.15) is 10.6 Å². The summed E-state index contributed by atoms with van der Waals surface area (Å²) in [7, 11) is 3.04. The maximum atomic E-state index is 11.9. The average Bonchev–Trinajstić information content (AvgIpc) is 2.66. The molecule has 0 saturated carbocycles. The predicted molar refractivity (Wildman–Crippen MR) is 74.9 cm³/mol. The van der Waals surface area contributed by atoms with Crippen molar-refractivity contribution in [1.29, 1.82) is 0 Å². The molecule has 19 heavy (non-hydrogen) atoms. The van der Waals surface area contributed by atoms with E-state index >= 15 is 0 Å². The zero-order chi connectivity index (χ0) is 14.6. The lowest BCUT2D eigenvalue weighted by Gasteiger charge is -2.07. The molecule has 0 aliphatic heterocycles. The first-order chi connectivity index (χ1) is 8.71. The first-order valence-corrected chi connectivity index (χ1v) is 8.42. The topological polar surface area (TPSA) is 68.2 Å². The lowest BCUT2D eigenvalue weighted by Crippen LogP contribution is -2.26. The van der Waals surface area contributed by atoms with E-state index < -0.39 is 9.05 Å². The Morgan fingerprint density at radius 2 is 2.11 bits per heavy atom. The number of aryl methyl sites for hydroxylation is 1. The molecule has 1 aromatic heterocycles. The fourth-order valence-corrected chi connectivity index (χ4v) is 2.49. The zero-order valence-corrected chi connectivity index (χ0v) is 12.9. The smallest absolute Gasteiger partial charge is 0.267 e. The zero-order valence-electron chi connectivity index (χ0n) is 11.3. The molecule has 1 N–H and O–H groups in total. The first kappa shape index (κ1) is 16.0. The van der Waals surface area contributed by atoms with Crippen LogP contribution in [0, 0.1) is 5.92 Å². The van der Waals surface area contributed by atoms with Crippen molar-refractivity contribution >= 4 is 25.6 Å². The number of hydrogen-bond donors (Lipinski definition) is 1. The summed E-state index contributed by atoms with van der Waals surface area (Å²) in [6.45, 7) is 4.82. The molecule has 1 aromatic rings. The van der Waals surface area contributed by atoms with E-state index in [1.54, 1.807) is 7.05 Å². The first-order valence-electron chi connectivity index (χ1n) is 6.11. The Balaban J connectivity index is 2.65. The minimum atomic E-state index is -3.80. The van der Waals surface area contributed by atoms with Gasteiger partial charge in [-0.3, -0.25) is 4.79 Å². The molecule has 0 aromatic carbocycles. The Morgan fingerprint density at radius 1 is 1.47 bits per heavy atom. The van der Waals surface area contributed by atoms with Gasteiger partial charge in [-0.1, -0.05) is 13.8 Å². The van der Waals surface area contributed by atoms with Gasteiger partial charge < -0.3 is 9.88 Å². The van der Waals surface area contributed by atoms with Gasteiger partial charge in [-0.2, -0.15) is 0 Å². The Kier molecular flexibility index (Phi) is 5.43. The van der Waals surface area contributed by atoms with Crippen molar-refractivity contribution in [2.75, 3.05) is 6.54 Å². The maximum absolute atomic E-state index is 11.9. The summed E-state index contributed by atoms with van der Waals surface area (Å²) in [4.78, 5) is 11.8. The van der Waals surface area contributed by atoms with Gasteiger partial charge in [-0.05, 0) is 24.8 Å². The number of nitrogens with one attached hydrogen (secondary N) is 1. The van der Waals surface area contributed by atoms with E-state index in [4.69, 9.17) is 10.7 Å². The Morgan fingerprint density at radius 3 is 2.58 bits per heavy atom. The highest BCUT2D eigenvalue weighted by Crippen LogP contribution is 2.17. The molecule has 0 aliphatic rings. The number of hydrogen-bond acceptors (Lipinski definition) is 3. The Bertz CT molecular complexity index is 549. The summed E-state index contributed by atoms with van der Waals surface area (Å²) in [6, 6.07) is 1.28. The lowest BCUT2D eigenvalue weighted by atomic mass is 10.1. The van der Waals surface area contributed by atoms with E-state index in [1.165, 1.54) is 16.8 Å². The van der Waals surface area contributed by atoms with Crippen LogP contribution >= 0.6 is 10.7 Å². The summed E-state index contributed by atoms with van der Waals surface area (Å²) < 4.78 is 23.8. The lowest BCUT2D eigenvalue weighted by molar-refractivity contribution is 0.0944. The molecule has 1 heterocycles. The number of nitrogens with zero attached hydrogens (tertiary/aromatic N) is 1. The van der Waals surface area contributed by atoms with E-state index in [9.17, 15) is 13.2 Å². The summed E-state index contributed by atoms with van der Waals surface area (Å²) in [6.07, 6.45) is 3.26. The van der Waals surface area contributed by atoms with Crippen molar-refractivity contribution in [2.24, 2.45) is 13.0 Å². The molecule has 0 spiro atoms. The summed E-state index contributed by atoms with van der Waals surface area (Å²) in [5, 5.41) is 2.76. The maximum Gasteiger partial charge on any atom is 0.267 e. The highest BCUT2D eigenvalue weighted by atomic mass is 35.7. The quantitative estimate of drug-likeness (QED) is 0.646. The van der Waals surface area contributed by atoms with Crippen molar-refractivity contribution in [3.63, 3.8) is 0 Å². The third-order valence-corrected chi connectivity index (χ3v) is 4.06. The molecule has 0 radical (unpaired) electrons. The van der Waals surface area contributed by atoms with Gasteiger partial charge in [0, 0.05) is 30.5 Å². The molecule has 7 heteroatoms. The van der Waals surface area contributed by atoms with E-state index in [0.717, 1.165) is 12.8 Å². The molecular weight excluding hydrogens is 288 g/mol. The summed E-state index contributed by atoms with van der Waals surface area (Å²) >= 11 is 0. The average molecular weight is 307 g/mol. The Hall–Kier alpha value is -1.01. The molecule has 1 amide bonds. The number of carbonyl (C=O) groups is 1. The van der Waals surface area contributed by atoms with Crippen LogP contribution in [0.5, 0.6) is 0 Å². The second kappa shape index (κ2) is 6.43. The SMILES string of the molecule is CC(C)CCCNC(=O)c1cc(S(=O)(=O)Cl)cn1C. The van der Waals surface area contributed by atoms with Gasteiger partial charge >= 0.3 is 0 Å². The van der Waals surface area contributed by atoms with E-state index in [-0.39, 0.29) is 16.5 Å². The van der Waals surface area contributed by atoms with Gasteiger partial charge in [-0.15, -0.1) is 0 Å².